The Bertz CT molecular complexity index is 1590. The number of aliphatic imine (C=N–C) groups is 1. The first-order valence-corrected chi connectivity index (χ1v) is 14.5. The van der Waals surface area contributed by atoms with Crippen molar-refractivity contribution < 1.29 is 23.9 Å². The second-order valence-corrected chi connectivity index (χ2v) is 11.2. The van der Waals surface area contributed by atoms with Crippen LogP contribution in [0.25, 0.3) is 0 Å². The van der Waals surface area contributed by atoms with Crippen molar-refractivity contribution >= 4 is 40.6 Å². The Hall–Kier alpha value is -4.54. The van der Waals surface area contributed by atoms with E-state index in [0.29, 0.717) is 35.8 Å². The zero-order valence-corrected chi connectivity index (χ0v) is 24.6. The van der Waals surface area contributed by atoms with Gasteiger partial charge in [0.25, 0.3) is 0 Å². The molecule has 3 aliphatic rings. The Balaban J connectivity index is 1.30. The van der Waals surface area contributed by atoms with Crippen LogP contribution in [0.5, 0.6) is 5.75 Å². The standard InChI is InChI=1S/C33H35N5O5/c1-36-13-15-38(16-14-36)20-29(39)37(2)25-8-6-24(7-9-25)34-31(22-5-11-28-21(18-22)12-17-43-28)30-26-10-4-23(33(41)42-3)19-27(26)35-32(30)40/h4-11,18-19,30H,12-17,20H2,1-3H3,(H,35,40). The van der Waals surface area contributed by atoms with Gasteiger partial charge in [-0.05, 0) is 78.3 Å². The van der Waals surface area contributed by atoms with Crippen LogP contribution in [-0.4, -0.2) is 93.8 Å². The van der Waals surface area contributed by atoms with Crippen LogP contribution in [0.4, 0.5) is 17.1 Å². The molecule has 0 spiro atoms. The first-order valence-electron chi connectivity index (χ1n) is 14.5. The highest BCUT2D eigenvalue weighted by atomic mass is 16.5. The highest BCUT2D eigenvalue weighted by molar-refractivity contribution is 6.24. The number of hydrogen-bond acceptors (Lipinski definition) is 8. The molecular formula is C33H35N5O5. The minimum atomic E-state index is -0.686. The van der Waals surface area contributed by atoms with Gasteiger partial charge in [0.2, 0.25) is 11.8 Å². The fourth-order valence-corrected chi connectivity index (χ4v) is 5.76. The zero-order chi connectivity index (χ0) is 30.1. The topological polar surface area (TPSA) is 104 Å². The highest BCUT2D eigenvalue weighted by Gasteiger charge is 2.36. The van der Waals surface area contributed by atoms with E-state index in [0.717, 1.165) is 60.7 Å². The van der Waals surface area contributed by atoms with Crippen molar-refractivity contribution in [3.63, 3.8) is 0 Å². The molecule has 1 atom stereocenters. The molecule has 43 heavy (non-hydrogen) atoms. The third-order valence-electron chi connectivity index (χ3n) is 8.38. The summed E-state index contributed by atoms with van der Waals surface area (Å²) in [5.41, 5.74) is 5.56. The number of piperazine rings is 1. The first-order chi connectivity index (χ1) is 20.8. The lowest BCUT2D eigenvalue weighted by Crippen LogP contribution is -2.48. The summed E-state index contributed by atoms with van der Waals surface area (Å²) in [6, 6.07) is 18.4. The van der Waals surface area contributed by atoms with E-state index >= 15 is 0 Å². The molecule has 1 N–H and O–H groups in total. The number of benzene rings is 3. The average Bonchev–Trinajstić information content (AvgIpc) is 3.63. The Morgan fingerprint density at radius 1 is 1.02 bits per heavy atom. The molecular weight excluding hydrogens is 546 g/mol. The fourth-order valence-electron chi connectivity index (χ4n) is 5.76. The third kappa shape index (κ3) is 5.89. The summed E-state index contributed by atoms with van der Waals surface area (Å²) < 4.78 is 10.6. The van der Waals surface area contributed by atoms with Crippen molar-refractivity contribution in [2.24, 2.45) is 4.99 Å². The Morgan fingerprint density at radius 2 is 1.77 bits per heavy atom. The van der Waals surface area contributed by atoms with Crippen LogP contribution in [-0.2, 0) is 20.7 Å². The van der Waals surface area contributed by atoms with Gasteiger partial charge in [-0.3, -0.25) is 19.5 Å². The van der Waals surface area contributed by atoms with Crippen LogP contribution >= 0.6 is 0 Å². The molecule has 222 valence electrons. The molecule has 10 nitrogen and oxygen atoms in total. The molecule has 6 rings (SSSR count). The summed E-state index contributed by atoms with van der Waals surface area (Å²) in [5, 5.41) is 2.92. The molecule has 3 aromatic carbocycles. The van der Waals surface area contributed by atoms with Crippen LogP contribution in [0, 0.1) is 0 Å². The smallest absolute Gasteiger partial charge is 0.337 e. The van der Waals surface area contributed by atoms with Crippen LogP contribution in [0.2, 0.25) is 0 Å². The van der Waals surface area contributed by atoms with Gasteiger partial charge in [0.15, 0.2) is 0 Å². The molecule has 1 saturated heterocycles. The van der Waals surface area contributed by atoms with Crippen LogP contribution in [0.1, 0.15) is 33.0 Å². The van der Waals surface area contributed by atoms with E-state index in [4.69, 9.17) is 14.5 Å². The predicted octanol–water partition coefficient (Wildman–Crippen LogP) is 3.48. The maximum absolute atomic E-state index is 13.4. The van der Waals surface area contributed by atoms with E-state index in [9.17, 15) is 14.4 Å². The number of rotatable bonds is 7. The molecule has 1 unspecified atom stereocenters. The lowest BCUT2D eigenvalue weighted by atomic mass is 9.89. The SMILES string of the molecule is COC(=O)c1ccc2c(c1)NC(=O)C2C(=Nc1ccc(N(C)C(=O)CN2CCN(C)CC2)cc1)c1ccc2c(c1)CCO2. The lowest BCUT2D eigenvalue weighted by Gasteiger charge is -2.32. The molecule has 0 bridgehead atoms. The van der Waals surface area contributed by atoms with Crippen LogP contribution in [0.15, 0.2) is 65.7 Å². The quantitative estimate of drug-likeness (QED) is 0.337. The van der Waals surface area contributed by atoms with Crippen molar-refractivity contribution in [3.8, 4) is 5.75 Å². The van der Waals surface area contributed by atoms with Gasteiger partial charge in [-0.2, -0.15) is 0 Å². The van der Waals surface area contributed by atoms with Gasteiger partial charge in [0.05, 0.1) is 37.2 Å². The average molecular weight is 582 g/mol. The number of carbonyl (C=O) groups excluding carboxylic acids is 3. The highest BCUT2D eigenvalue weighted by Crippen LogP contribution is 2.38. The number of ether oxygens (including phenoxy) is 2. The number of esters is 1. The van der Waals surface area contributed by atoms with E-state index in [2.05, 4.69) is 22.2 Å². The summed E-state index contributed by atoms with van der Waals surface area (Å²) in [5.74, 6) is -0.504. The van der Waals surface area contributed by atoms with Gasteiger partial charge in [0.1, 0.15) is 11.7 Å². The molecule has 0 saturated carbocycles. The third-order valence-corrected chi connectivity index (χ3v) is 8.38. The molecule has 2 amide bonds. The van der Waals surface area contributed by atoms with Crippen molar-refractivity contribution in [2.75, 3.05) is 70.8 Å². The second kappa shape index (κ2) is 12.0. The van der Waals surface area contributed by atoms with Gasteiger partial charge in [-0.1, -0.05) is 6.07 Å². The second-order valence-electron chi connectivity index (χ2n) is 11.2. The van der Waals surface area contributed by atoms with Crippen LogP contribution in [0.3, 0.4) is 0 Å². The zero-order valence-electron chi connectivity index (χ0n) is 24.6. The molecule has 3 aliphatic heterocycles. The molecule has 0 aliphatic carbocycles. The maximum Gasteiger partial charge on any atom is 0.337 e. The van der Waals surface area contributed by atoms with Crippen molar-refractivity contribution in [3.05, 3.63) is 82.9 Å². The van der Waals surface area contributed by atoms with E-state index in [1.54, 1.807) is 30.1 Å². The van der Waals surface area contributed by atoms with Crippen molar-refractivity contribution in [2.45, 2.75) is 12.3 Å². The van der Waals surface area contributed by atoms with Gasteiger partial charge < -0.3 is 24.6 Å². The molecule has 1 fully saturated rings. The number of nitrogens with one attached hydrogen (secondary N) is 1. The number of methoxy groups -OCH3 is 1. The number of amides is 2. The summed E-state index contributed by atoms with van der Waals surface area (Å²) in [6.07, 6.45) is 0.787. The summed E-state index contributed by atoms with van der Waals surface area (Å²) in [6.45, 7) is 4.67. The van der Waals surface area contributed by atoms with Gasteiger partial charge in [0, 0.05) is 51.0 Å². The van der Waals surface area contributed by atoms with Crippen molar-refractivity contribution in [1.82, 2.24) is 9.80 Å². The van der Waals surface area contributed by atoms with Gasteiger partial charge in [-0.25, -0.2) is 4.79 Å². The molecule has 10 heteroatoms. The first kappa shape index (κ1) is 28.6. The number of fused-ring (bicyclic) bond motifs is 2. The Morgan fingerprint density at radius 3 is 2.51 bits per heavy atom. The molecule has 0 radical (unpaired) electrons. The summed E-state index contributed by atoms with van der Waals surface area (Å²) in [7, 11) is 5.21. The summed E-state index contributed by atoms with van der Waals surface area (Å²) in [4.78, 5) is 49.7. The van der Waals surface area contributed by atoms with Gasteiger partial charge in [-0.15, -0.1) is 0 Å². The Kier molecular flexibility index (Phi) is 7.96. The number of carbonyl (C=O) groups is 3. The predicted molar refractivity (Wildman–Crippen MR) is 165 cm³/mol. The van der Waals surface area contributed by atoms with E-state index < -0.39 is 11.9 Å². The maximum atomic E-state index is 13.4. The fraction of sp³-hybridized carbons (Fsp3) is 0.333. The number of nitrogens with zero attached hydrogens (tertiary/aromatic N) is 4. The van der Waals surface area contributed by atoms with E-state index in [1.165, 1.54) is 7.11 Å². The number of anilines is 2. The molecule has 3 aromatic rings. The van der Waals surface area contributed by atoms with Crippen molar-refractivity contribution in [1.29, 1.82) is 0 Å². The molecule has 0 aromatic heterocycles. The normalized spacial score (nSPS) is 18.4. The minimum Gasteiger partial charge on any atom is -0.493 e. The monoisotopic (exact) mass is 581 g/mol. The van der Waals surface area contributed by atoms with E-state index in [-0.39, 0.29) is 11.8 Å². The number of hydrogen-bond donors (Lipinski definition) is 1. The van der Waals surface area contributed by atoms with E-state index in [1.807, 2.05) is 42.5 Å². The number of likely N-dealkylation sites (N-methyl/N-ethyl adjacent to an activating group) is 2. The van der Waals surface area contributed by atoms with Gasteiger partial charge >= 0.3 is 5.97 Å². The Labute approximate surface area is 250 Å². The lowest BCUT2D eigenvalue weighted by molar-refractivity contribution is -0.120. The van der Waals surface area contributed by atoms with Crippen LogP contribution < -0.4 is 15.0 Å². The largest absolute Gasteiger partial charge is 0.493 e. The summed E-state index contributed by atoms with van der Waals surface area (Å²) >= 11 is 0. The minimum absolute atomic E-state index is 0.0346. The molecule has 3 heterocycles.